The number of para-hydroxylation sites is 1. The molecule has 2 aromatic carbocycles. The Morgan fingerprint density at radius 2 is 1.68 bits per heavy atom. The van der Waals surface area contributed by atoms with E-state index in [9.17, 15) is 18.0 Å². The van der Waals surface area contributed by atoms with Gasteiger partial charge >= 0.3 is 6.18 Å². The molecule has 1 heterocycles. The lowest BCUT2D eigenvalue weighted by molar-refractivity contribution is -0.137. The maximum Gasteiger partial charge on any atom is 0.416 e. The van der Waals surface area contributed by atoms with Crippen LogP contribution in [0.2, 0.25) is 0 Å². The number of hydrogen-bond donors (Lipinski definition) is 0. The molecule has 0 unspecified atom stereocenters. The van der Waals surface area contributed by atoms with Crippen molar-refractivity contribution in [2.75, 3.05) is 13.2 Å². The summed E-state index contributed by atoms with van der Waals surface area (Å²) in [5.41, 5.74) is -0.433. The quantitative estimate of drug-likeness (QED) is 0.534. The monoisotopic (exact) mass is 390 g/mol. The van der Waals surface area contributed by atoms with Gasteiger partial charge in [-0.05, 0) is 36.8 Å². The number of ether oxygens (including phenoxy) is 3. The predicted molar refractivity (Wildman–Crippen MR) is 96.1 cm³/mol. The smallest absolute Gasteiger partial charge is 0.416 e. The van der Waals surface area contributed by atoms with Crippen LogP contribution in [0, 0.1) is 0 Å². The Balaban J connectivity index is 2.02. The van der Waals surface area contributed by atoms with Crippen LogP contribution < -0.4 is 4.74 Å². The molecule has 7 heteroatoms. The molecular weight excluding hydrogens is 373 g/mol. The highest BCUT2D eigenvalue weighted by Gasteiger charge is 2.31. The Morgan fingerprint density at radius 1 is 1.00 bits per heavy atom. The maximum atomic E-state index is 13.0. The lowest BCUT2D eigenvalue weighted by Crippen LogP contribution is -2.18. The molecule has 1 aliphatic heterocycles. The topological polar surface area (TPSA) is 44.8 Å². The number of alkyl halides is 3. The van der Waals surface area contributed by atoms with Gasteiger partial charge in [-0.3, -0.25) is 4.79 Å². The number of carbonyl (C=O) groups is 1. The molecule has 3 rings (SSSR count). The van der Waals surface area contributed by atoms with Crippen molar-refractivity contribution in [3.63, 3.8) is 0 Å². The van der Waals surface area contributed by atoms with E-state index in [1.807, 2.05) is 6.07 Å². The number of carbonyl (C=O) groups excluding carboxylic acids is 1. The first-order valence-corrected chi connectivity index (χ1v) is 8.47. The third-order valence-electron chi connectivity index (χ3n) is 3.97. The first-order chi connectivity index (χ1) is 13.4. The van der Waals surface area contributed by atoms with Crippen molar-refractivity contribution in [2.45, 2.75) is 13.1 Å². The second kappa shape index (κ2) is 8.21. The Morgan fingerprint density at radius 3 is 2.25 bits per heavy atom. The van der Waals surface area contributed by atoms with Crippen molar-refractivity contribution in [3.8, 4) is 5.75 Å². The Kier molecular flexibility index (Phi) is 5.73. The second-order valence-electron chi connectivity index (χ2n) is 5.95. The summed E-state index contributed by atoms with van der Waals surface area (Å²) in [6.07, 6.45) is -3.27. The first-order valence-electron chi connectivity index (χ1n) is 8.47. The molecule has 4 nitrogen and oxygen atoms in total. The first kappa shape index (κ1) is 19.5. The van der Waals surface area contributed by atoms with Gasteiger partial charge in [0.1, 0.15) is 31.0 Å². The fourth-order valence-corrected chi connectivity index (χ4v) is 2.65. The summed E-state index contributed by atoms with van der Waals surface area (Å²) < 4.78 is 54.8. The average molecular weight is 390 g/mol. The van der Waals surface area contributed by atoms with Gasteiger partial charge in [0.25, 0.3) is 0 Å². The highest BCUT2D eigenvalue weighted by molar-refractivity contribution is 6.28. The SMILES string of the molecule is C/C(Oc1ccccc1)=C(/C(=O)C1=COCCO1)c1ccc(C(F)(F)F)cc1. The lowest BCUT2D eigenvalue weighted by Gasteiger charge is -2.18. The number of ketones is 1. The molecule has 0 saturated carbocycles. The van der Waals surface area contributed by atoms with Crippen molar-refractivity contribution in [3.05, 3.63) is 83.5 Å². The molecule has 0 aliphatic carbocycles. The predicted octanol–water partition coefficient (Wildman–Crippen LogP) is 4.97. The summed E-state index contributed by atoms with van der Waals surface area (Å²) in [5, 5.41) is 0. The molecule has 0 saturated heterocycles. The van der Waals surface area contributed by atoms with Crippen LogP contribution in [0.25, 0.3) is 5.57 Å². The van der Waals surface area contributed by atoms with Gasteiger partial charge in [0.2, 0.25) is 11.5 Å². The van der Waals surface area contributed by atoms with Crippen LogP contribution in [0.5, 0.6) is 5.75 Å². The average Bonchev–Trinajstić information content (AvgIpc) is 2.69. The molecule has 0 amide bonds. The van der Waals surface area contributed by atoms with Crippen LogP contribution >= 0.6 is 0 Å². The maximum absolute atomic E-state index is 13.0. The highest BCUT2D eigenvalue weighted by atomic mass is 19.4. The fourth-order valence-electron chi connectivity index (χ4n) is 2.65. The minimum absolute atomic E-state index is 0.0304. The minimum atomic E-state index is -4.47. The second-order valence-corrected chi connectivity index (χ2v) is 5.95. The highest BCUT2D eigenvalue weighted by Crippen LogP contribution is 2.32. The molecule has 0 bridgehead atoms. The molecule has 1 aliphatic rings. The summed E-state index contributed by atoms with van der Waals surface area (Å²) in [4.78, 5) is 13.0. The molecule has 2 aromatic rings. The Bertz CT molecular complexity index is 897. The van der Waals surface area contributed by atoms with E-state index >= 15 is 0 Å². The largest absolute Gasteiger partial charge is 0.494 e. The summed E-state index contributed by atoms with van der Waals surface area (Å²) in [5.74, 6) is 0.156. The number of halogens is 3. The van der Waals surface area contributed by atoms with Gasteiger partial charge < -0.3 is 14.2 Å². The molecule has 146 valence electrons. The fraction of sp³-hybridized carbons (Fsp3) is 0.190. The third-order valence-corrected chi connectivity index (χ3v) is 3.97. The van der Waals surface area contributed by atoms with Crippen LogP contribution in [0.4, 0.5) is 13.2 Å². The van der Waals surface area contributed by atoms with Gasteiger partial charge in [-0.1, -0.05) is 30.3 Å². The number of rotatable bonds is 5. The van der Waals surface area contributed by atoms with Gasteiger partial charge in [-0.2, -0.15) is 13.2 Å². The summed E-state index contributed by atoms with van der Waals surface area (Å²) in [7, 11) is 0. The molecule has 0 atom stereocenters. The molecular formula is C21H17F3O4. The standard InChI is InChI=1S/C21H17F3O4/c1-14(28-17-5-3-2-4-6-17)19(20(25)18-13-26-11-12-27-18)15-7-9-16(10-8-15)21(22,23)24/h2-10,13H,11-12H2,1H3/b19-14-. The normalized spacial score (nSPS) is 14.9. The van der Waals surface area contributed by atoms with E-state index in [0.29, 0.717) is 12.4 Å². The van der Waals surface area contributed by atoms with Gasteiger partial charge in [0.05, 0.1) is 11.1 Å². The van der Waals surface area contributed by atoms with E-state index in [4.69, 9.17) is 14.2 Å². The zero-order valence-electron chi connectivity index (χ0n) is 15.0. The minimum Gasteiger partial charge on any atom is -0.494 e. The number of Topliss-reactive ketones (excluding diaryl/α,β-unsaturated/α-hetero) is 1. The molecule has 28 heavy (non-hydrogen) atoms. The van der Waals surface area contributed by atoms with Crippen LogP contribution in [-0.4, -0.2) is 19.0 Å². The summed E-state index contributed by atoms with van der Waals surface area (Å²) in [6.45, 7) is 2.09. The van der Waals surface area contributed by atoms with Crippen LogP contribution in [0.15, 0.2) is 72.4 Å². The van der Waals surface area contributed by atoms with E-state index in [1.54, 1.807) is 31.2 Å². The van der Waals surface area contributed by atoms with Gasteiger partial charge in [-0.15, -0.1) is 0 Å². The van der Waals surface area contributed by atoms with Crippen LogP contribution in [0.1, 0.15) is 18.1 Å². The van der Waals surface area contributed by atoms with Crippen molar-refractivity contribution in [1.82, 2.24) is 0 Å². The van der Waals surface area contributed by atoms with Gasteiger partial charge in [-0.25, -0.2) is 0 Å². The molecule has 0 radical (unpaired) electrons. The number of benzene rings is 2. The van der Waals surface area contributed by atoms with Gasteiger partial charge in [0.15, 0.2) is 0 Å². The van der Waals surface area contributed by atoms with Crippen molar-refractivity contribution in [2.24, 2.45) is 0 Å². The number of allylic oxidation sites excluding steroid dienone is 2. The lowest BCUT2D eigenvalue weighted by atomic mass is 9.98. The van der Waals surface area contributed by atoms with E-state index < -0.39 is 17.5 Å². The molecule has 0 N–H and O–H groups in total. The zero-order valence-corrected chi connectivity index (χ0v) is 15.0. The van der Waals surface area contributed by atoms with Gasteiger partial charge in [0, 0.05) is 0 Å². The van der Waals surface area contributed by atoms with E-state index in [2.05, 4.69) is 0 Å². The van der Waals surface area contributed by atoms with E-state index in [-0.39, 0.29) is 29.3 Å². The summed E-state index contributed by atoms with van der Waals surface area (Å²) in [6, 6.07) is 13.1. The van der Waals surface area contributed by atoms with Crippen LogP contribution in [0.3, 0.4) is 0 Å². The Hall–Kier alpha value is -3.22. The molecule has 0 aromatic heterocycles. The zero-order chi connectivity index (χ0) is 20.1. The van der Waals surface area contributed by atoms with E-state index in [0.717, 1.165) is 12.1 Å². The van der Waals surface area contributed by atoms with Crippen LogP contribution in [-0.2, 0) is 20.4 Å². The van der Waals surface area contributed by atoms with Crippen molar-refractivity contribution < 1.29 is 32.2 Å². The van der Waals surface area contributed by atoms with Crippen molar-refractivity contribution in [1.29, 1.82) is 0 Å². The Labute approximate surface area is 159 Å². The molecule has 0 fully saturated rings. The molecule has 0 spiro atoms. The van der Waals surface area contributed by atoms with Crippen molar-refractivity contribution >= 4 is 11.4 Å². The summed E-state index contributed by atoms with van der Waals surface area (Å²) >= 11 is 0. The number of hydrogen-bond acceptors (Lipinski definition) is 4. The van der Waals surface area contributed by atoms with E-state index in [1.165, 1.54) is 18.4 Å². The third kappa shape index (κ3) is 4.54.